The summed E-state index contributed by atoms with van der Waals surface area (Å²) in [5.74, 6) is -0.157. The molecule has 0 saturated heterocycles. The maximum atomic E-state index is 12.1. The van der Waals surface area contributed by atoms with Crippen molar-refractivity contribution in [3.05, 3.63) is 23.7 Å². The number of methoxy groups -OCH3 is 1. The van der Waals surface area contributed by atoms with Gasteiger partial charge >= 0.3 is 12.1 Å². The Morgan fingerprint density at radius 2 is 2.11 bits per heavy atom. The molecular formula is C12H16F3NO3. The molecule has 0 aromatic carbocycles. The zero-order valence-corrected chi connectivity index (χ0v) is 11.0. The van der Waals surface area contributed by atoms with Gasteiger partial charge in [0, 0.05) is 6.54 Å². The minimum Gasteiger partial charge on any atom is -0.463 e. The molecule has 0 N–H and O–H groups in total. The first-order valence-corrected chi connectivity index (χ1v) is 5.69. The predicted molar refractivity (Wildman–Crippen MR) is 61.8 cm³/mol. The molecule has 7 heteroatoms. The second kappa shape index (κ2) is 6.10. The third-order valence-electron chi connectivity index (χ3n) is 2.83. The Labute approximate surface area is 109 Å². The lowest BCUT2D eigenvalue weighted by molar-refractivity contribution is -0.138. The lowest BCUT2D eigenvalue weighted by Crippen LogP contribution is -2.27. The summed E-state index contributed by atoms with van der Waals surface area (Å²) in [6, 6.07) is 2.64. The molecule has 0 aliphatic rings. The van der Waals surface area contributed by atoms with E-state index in [0.717, 1.165) is 0 Å². The van der Waals surface area contributed by atoms with Gasteiger partial charge < -0.3 is 9.15 Å². The van der Waals surface area contributed by atoms with Crippen LogP contribution < -0.4 is 0 Å². The summed E-state index contributed by atoms with van der Waals surface area (Å²) in [6.45, 7) is 1.56. The second-order valence-corrected chi connectivity index (χ2v) is 4.22. The normalized spacial score (nSPS) is 13.6. The topological polar surface area (TPSA) is 42.7 Å². The van der Waals surface area contributed by atoms with Crippen LogP contribution >= 0.6 is 0 Å². The highest BCUT2D eigenvalue weighted by atomic mass is 19.4. The number of furan rings is 1. The van der Waals surface area contributed by atoms with Crippen LogP contribution in [0.3, 0.4) is 0 Å². The Morgan fingerprint density at radius 3 is 2.63 bits per heavy atom. The number of rotatable bonds is 5. The molecule has 1 heterocycles. The average molecular weight is 279 g/mol. The Morgan fingerprint density at radius 1 is 1.47 bits per heavy atom. The van der Waals surface area contributed by atoms with E-state index in [4.69, 9.17) is 4.42 Å². The Hall–Kier alpha value is -1.50. The molecule has 4 nitrogen and oxygen atoms in total. The molecule has 1 unspecified atom stereocenters. The van der Waals surface area contributed by atoms with Crippen molar-refractivity contribution in [2.24, 2.45) is 0 Å². The highest BCUT2D eigenvalue weighted by molar-refractivity contribution is 5.86. The summed E-state index contributed by atoms with van der Waals surface area (Å²) >= 11 is 0. The van der Waals surface area contributed by atoms with E-state index >= 15 is 0 Å². The van der Waals surface area contributed by atoms with Gasteiger partial charge in [0.2, 0.25) is 5.76 Å². The van der Waals surface area contributed by atoms with Crippen LogP contribution in [0, 0.1) is 0 Å². The first kappa shape index (κ1) is 15.6. The quantitative estimate of drug-likeness (QED) is 0.777. The van der Waals surface area contributed by atoms with E-state index < -0.39 is 18.6 Å². The van der Waals surface area contributed by atoms with Crippen molar-refractivity contribution < 1.29 is 27.1 Å². The number of hydrogen-bond acceptors (Lipinski definition) is 4. The van der Waals surface area contributed by atoms with Gasteiger partial charge in [-0.05, 0) is 26.1 Å². The number of carbonyl (C=O) groups is 1. The molecular weight excluding hydrogens is 263 g/mol. The van der Waals surface area contributed by atoms with Crippen LogP contribution in [0.4, 0.5) is 13.2 Å². The summed E-state index contributed by atoms with van der Waals surface area (Å²) < 4.78 is 46.1. The zero-order valence-electron chi connectivity index (χ0n) is 11.0. The monoisotopic (exact) mass is 279 g/mol. The summed E-state index contributed by atoms with van der Waals surface area (Å²) in [6.07, 6.45) is -5.08. The van der Waals surface area contributed by atoms with E-state index in [1.165, 1.54) is 18.1 Å². The van der Waals surface area contributed by atoms with Gasteiger partial charge in [-0.1, -0.05) is 0 Å². The Bertz CT molecular complexity index is 428. The van der Waals surface area contributed by atoms with E-state index in [9.17, 15) is 18.0 Å². The smallest absolute Gasteiger partial charge is 0.390 e. The van der Waals surface area contributed by atoms with Crippen molar-refractivity contribution in [1.29, 1.82) is 0 Å². The minimum absolute atomic E-state index is 0.0357. The van der Waals surface area contributed by atoms with Crippen LogP contribution in [0.25, 0.3) is 0 Å². The molecule has 0 fully saturated rings. The maximum Gasteiger partial charge on any atom is 0.390 e. The molecule has 1 aromatic heterocycles. The maximum absolute atomic E-state index is 12.1. The lowest BCUT2D eigenvalue weighted by atomic mass is 10.2. The van der Waals surface area contributed by atoms with Gasteiger partial charge in [0.15, 0.2) is 0 Å². The van der Waals surface area contributed by atoms with Crippen molar-refractivity contribution in [1.82, 2.24) is 4.90 Å². The van der Waals surface area contributed by atoms with Gasteiger partial charge in [-0.15, -0.1) is 0 Å². The predicted octanol–water partition coefficient (Wildman–Crippen LogP) is 3.01. The fourth-order valence-electron chi connectivity index (χ4n) is 1.50. The van der Waals surface area contributed by atoms with Gasteiger partial charge in [-0.3, -0.25) is 4.90 Å². The molecule has 19 heavy (non-hydrogen) atoms. The van der Waals surface area contributed by atoms with Gasteiger partial charge in [0.1, 0.15) is 5.76 Å². The number of alkyl halides is 3. The first-order valence-electron chi connectivity index (χ1n) is 5.69. The van der Waals surface area contributed by atoms with Gasteiger partial charge in [-0.25, -0.2) is 4.79 Å². The van der Waals surface area contributed by atoms with E-state index in [1.54, 1.807) is 20.0 Å². The molecule has 108 valence electrons. The zero-order chi connectivity index (χ0) is 14.6. The van der Waals surface area contributed by atoms with E-state index in [2.05, 4.69) is 4.74 Å². The lowest BCUT2D eigenvalue weighted by Gasteiger charge is -2.23. The fourth-order valence-corrected chi connectivity index (χ4v) is 1.50. The van der Waals surface area contributed by atoms with Crippen molar-refractivity contribution >= 4 is 5.97 Å². The fraction of sp³-hybridized carbons (Fsp3) is 0.583. The second-order valence-electron chi connectivity index (χ2n) is 4.22. The van der Waals surface area contributed by atoms with Gasteiger partial charge in [0.05, 0.1) is 19.6 Å². The van der Waals surface area contributed by atoms with Crippen LogP contribution in [-0.4, -0.2) is 37.7 Å². The molecule has 0 saturated carbocycles. The number of carbonyl (C=O) groups excluding carboxylic acids is 1. The van der Waals surface area contributed by atoms with Crippen LogP contribution in [0.2, 0.25) is 0 Å². The largest absolute Gasteiger partial charge is 0.463 e. The minimum atomic E-state index is -4.19. The van der Waals surface area contributed by atoms with Gasteiger partial charge in [0.25, 0.3) is 0 Å². The molecule has 1 atom stereocenters. The molecule has 0 aliphatic carbocycles. The number of nitrogens with zero attached hydrogens (tertiary/aromatic N) is 1. The molecule has 1 rings (SSSR count). The highest BCUT2D eigenvalue weighted by Crippen LogP contribution is 2.25. The molecule has 0 spiro atoms. The van der Waals surface area contributed by atoms with E-state index in [0.29, 0.717) is 5.76 Å². The summed E-state index contributed by atoms with van der Waals surface area (Å²) in [5.41, 5.74) is 0. The first-order chi connectivity index (χ1) is 8.74. The van der Waals surface area contributed by atoms with Crippen molar-refractivity contribution in [2.45, 2.75) is 25.6 Å². The van der Waals surface area contributed by atoms with Crippen LogP contribution in [0.15, 0.2) is 16.5 Å². The molecule has 0 bridgehead atoms. The summed E-state index contributed by atoms with van der Waals surface area (Å²) in [5, 5.41) is 0. The standard InChI is InChI=1S/C12H16F3NO3/c1-8(16(2)7-6-12(13,14)15)9-4-5-10(19-9)11(17)18-3/h4-5,8H,6-7H2,1-3H3. The summed E-state index contributed by atoms with van der Waals surface area (Å²) in [7, 11) is 2.79. The van der Waals surface area contributed by atoms with Crippen LogP contribution in [0.5, 0.6) is 0 Å². The van der Waals surface area contributed by atoms with Gasteiger partial charge in [-0.2, -0.15) is 13.2 Å². The molecule has 1 aromatic rings. The number of ether oxygens (including phenoxy) is 1. The molecule has 0 radical (unpaired) electrons. The molecule has 0 amide bonds. The average Bonchev–Trinajstić information content (AvgIpc) is 2.82. The van der Waals surface area contributed by atoms with Crippen LogP contribution in [-0.2, 0) is 4.74 Å². The third kappa shape index (κ3) is 4.59. The van der Waals surface area contributed by atoms with Crippen molar-refractivity contribution in [3.8, 4) is 0 Å². The number of hydrogen-bond donors (Lipinski definition) is 0. The third-order valence-corrected chi connectivity index (χ3v) is 2.83. The van der Waals surface area contributed by atoms with Crippen molar-refractivity contribution in [3.63, 3.8) is 0 Å². The van der Waals surface area contributed by atoms with Crippen molar-refractivity contribution in [2.75, 3.05) is 20.7 Å². The van der Waals surface area contributed by atoms with E-state index in [-0.39, 0.29) is 18.3 Å². The highest BCUT2D eigenvalue weighted by Gasteiger charge is 2.28. The van der Waals surface area contributed by atoms with E-state index in [1.807, 2.05) is 0 Å². The summed E-state index contributed by atoms with van der Waals surface area (Å²) in [4.78, 5) is 12.7. The Kier molecular flexibility index (Phi) is 4.99. The Balaban J connectivity index is 2.64. The number of esters is 1. The number of halogens is 3. The SMILES string of the molecule is COC(=O)c1ccc(C(C)N(C)CCC(F)(F)F)o1. The molecule has 0 aliphatic heterocycles. The van der Waals surface area contributed by atoms with Crippen LogP contribution in [0.1, 0.15) is 35.7 Å².